The number of aryl methyl sites for hydroxylation is 1. The number of benzene rings is 1. The molecule has 3 nitrogen and oxygen atoms in total. The lowest BCUT2D eigenvalue weighted by Gasteiger charge is -2.07. The zero-order valence-electron chi connectivity index (χ0n) is 8.58. The van der Waals surface area contributed by atoms with Crippen LogP contribution in [0.15, 0.2) is 18.2 Å². The molecule has 1 amide bonds. The molecule has 3 rings (SSSR count). The van der Waals surface area contributed by atoms with Gasteiger partial charge in [-0.25, -0.2) is 0 Å². The van der Waals surface area contributed by atoms with Gasteiger partial charge in [-0.2, -0.15) is 0 Å². The zero-order chi connectivity index (χ0) is 10.6. The molecule has 15 heavy (non-hydrogen) atoms. The number of carbonyl (C=O) groups excluding carboxylic acids is 1. The summed E-state index contributed by atoms with van der Waals surface area (Å²) in [5.41, 5.74) is 2.75. The maximum Gasteiger partial charge on any atom is 0.235 e. The van der Waals surface area contributed by atoms with E-state index in [0.29, 0.717) is 0 Å². The third-order valence-corrected chi connectivity index (χ3v) is 3.63. The Morgan fingerprint density at radius 3 is 3.07 bits per heavy atom. The molecule has 1 saturated carbocycles. The van der Waals surface area contributed by atoms with E-state index >= 15 is 0 Å². The fourth-order valence-electron chi connectivity index (χ4n) is 2.65. The van der Waals surface area contributed by atoms with Crippen molar-refractivity contribution in [1.29, 1.82) is 0 Å². The van der Waals surface area contributed by atoms with E-state index in [2.05, 4.69) is 11.4 Å². The number of aliphatic hydroxyl groups is 1. The summed E-state index contributed by atoms with van der Waals surface area (Å²) in [5, 5.41) is 12.1. The van der Waals surface area contributed by atoms with Crippen LogP contribution in [0.25, 0.3) is 0 Å². The van der Waals surface area contributed by atoms with E-state index in [1.165, 1.54) is 0 Å². The highest BCUT2D eigenvalue weighted by atomic mass is 16.3. The van der Waals surface area contributed by atoms with Gasteiger partial charge in [-0.15, -0.1) is 0 Å². The second-order valence-corrected chi connectivity index (χ2v) is 4.56. The summed E-state index contributed by atoms with van der Waals surface area (Å²) in [6.45, 7) is 2.12. The number of nitrogens with one attached hydrogen (secondary N) is 1. The van der Waals surface area contributed by atoms with Gasteiger partial charge in [0.25, 0.3) is 0 Å². The third kappa shape index (κ3) is 0.960. The molecule has 1 heterocycles. The number of anilines is 1. The van der Waals surface area contributed by atoms with Crippen LogP contribution in [-0.2, 0) is 10.2 Å². The largest absolute Gasteiger partial charge is 0.396 e. The van der Waals surface area contributed by atoms with Crippen molar-refractivity contribution in [3.8, 4) is 0 Å². The first-order valence-electron chi connectivity index (χ1n) is 5.22. The number of hydrogen-bond donors (Lipinski definition) is 2. The lowest BCUT2D eigenvalue weighted by molar-refractivity contribution is -0.118. The molecule has 2 aliphatic rings. The number of amides is 1. The van der Waals surface area contributed by atoms with Gasteiger partial charge < -0.3 is 10.4 Å². The van der Waals surface area contributed by atoms with Crippen LogP contribution >= 0.6 is 0 Å². The van der Waals surface area contributed by atoms with Gasteiger partial charge in [0.1, 0.15) is 0 Å². The first-order valence-corrected chi connectivity index (χ1v) is 5.22. The van der Waals surface area contributed by atoms with E-state index in [4.69, 9.17) is 5.11 Å². The highest BCUT2D eigenvalue weighted by molar-refractivity contribution is 6.08. The number of hydrogen-bond acceptors (Lipinski definition) is 2. The second-order valence-electron chi connectivity index (χ2n) is 4.56. The number of rotatable bonds is 1. The molecule has 1 spiro atoms. The average molecular weight is 203 g/mol. The Labute approximate surface area is 88.1 Å². The van der Waals surface area contributed by atoms with Crippen molar-refractivity contribution in [2.24, 2.45) is 5.92 Å². The minimum Gasteiger partial charge on any atom is -0.396 e. The van der Waals surface area contributed by atoms with Gasteiger partial charge >= 0.3 is 0 Å². The molecule has 0 aromatic heterocycles. The predicted octanol–water partition coefficient (Wildman–Crippen LogP) is 1.20. The lowest BCUT2D eigenvalue weighted by atomic mass is 9.94. The highest BCUT2D eigenvalue weighted by Gasteiger charge is 2.64. The van der Waals surface area contributed by atoms with Gasteiger partial charge in [0.2, 0.25) is 5.91 Å². The molecule has 0 radical (unpaired) electrons. The number of aliphatic hydroxyl groups excluding tert-OH is 1. The summed E-state index contributed by atoms with van der Waals surface area (Å²) in [7, 11) is 0. The maximum atomic E-state index is 11.9. The Kier molecular flexibility index (Phi) is 1.55. The Bertz CT molecular complexity index is 455. The molecule has 1 aromatic rings. The molecule has 1 fully saturated rings. The Balaban J connectivity index is 2.14. The molecule has 1 aliphatic heterocycles. The van der Waals surface area contributed by atoms with Gasteiger partial charge in [0.05, 0.1) is 5.41 Å². The molecule has 1 aromatic carbocycles. The predicted molar refractivity (Wildman–Crippen MR) is 56.7 cm³/mol. The average Bonchev–Trinajstić information content (AvgIpc) is 2.89. The van der Waals surface area contributed by atoms with Crippen molar-refractivity contribution < 1.29 is 9.90 Å². The summed E-state index contributed by atoms with van der Waals surface area (Å²) >= 11 is 0. The Hall–Kier alpha value is -1.35. The van der Waals surface area contributed by atoms with Crippen LogP contribution in [-0.4, -0.2) is 17.6 Å². The molecule has 1 aliphatic carbocycles. The Morgan fingerprint density at radius 2 is 2.40 bits per heavy atom. The van der Waals surface area contributed by atoms with Crippen LogP contribution in [0.3, 0.4) is 0 Å². The van der Waals surface area contributed by atoms with Gasteiger partial charge in [0.15, 0.2) is 0 Å². The molecular formula is C12H13NO2. The zero-order valence-corrected chi connectivity index (χ0v) is 8.58. The van der Waals surface area contributed by atoms with E-state index < -0.39 is 5.41 Å². The summed E-state index contributed by atoms with van der Waals surface area (Å²) in [6.07, 6.45) is 0.784. The first-order chi connectivity index (χ1) is 7.18. The van der Waals surface area contributed by atoms with Gasteiger partial charge in [-0.05, 0) is 25.0 Å². The van der Waals surface area contributed by atoms with E-state index in [9.17, 15) is 4.79 Å². The minimum absolute atomic E-state index is 0.0575. The smallest absolute Gasteiger partial charge is 0.235 e. The first kappa shape index (κ1) is 8.92. The number of carbonyl (C=O) groups is 1. The monoisotopic (exact) mass is 203 g/mol. The van der Waals surface area contributed by atoms with E-state index in [-0.39, 0.29) is 18.4 Å². The standard InChI is InChI=1S/C12H13NO2/c1-7-2-3-10-9(4-7)12(11(15)13-10)5-8(12)6-14/h2-4,8,14H,5-6H2,1H3,(H,13,15)/t8-,12+/m0/s1. The fourth-order valence-corrected chi connectivity index (χ4v) is 2.65. The van der Waals surface area contributed by atoms with E-state index in [0.717, 1.165) is 23.2 Å². The third-order valence-electron chi connectivity index (χ3n) is 3.63. The van der Waals surface area contributed by atoms with Crippen molar-refractivity contribution >= 4 is 11.6 Å². The van der Waals surface area contributed by atoms with Crippen LogP contribution in [0.2, 0.25) is 0 Å². The lowest BCUT2D eigenvalue weighted by Crippen LogP contribution is -2.22. The van der Waals surface area contributed by atoms with Gasteiger partial charge in [0, 0.05) is 18.2 Å². The molecule has 0 saturated heterocycles. The topological polar surface area (TPSA) is 49.3 Å². The summed E-state index contributed by atoms with van der Waals surface area (Å²) in [5.74, 6) is 0.169. The Morgan fingerprint density at radius 1 is 1.60 bits per heavy atom. The van der Waals surface area contributed by atoms with Crippen LogP contribution in [0.5, 0.6) is 0 Å². The normalized spacial score (nSPS) is 31.6. The van der Waals surface area contributed by atoms with Crippen molar-refractivity contribution in [2.75, 3.05) is 11.9 Å². The van der Waals surface area contributed by atoms with Gasteiger partial charge in [-0.1, -0.05) is 17.7 Å². The van der Waals surface area contributed by atoms with Crippen molar-refractivity contribution in [2.45, 2.75) is 18.8 Å². The second kappa shape index (κ2) is 2.61. The number of fused-ring (bicyclic) bond motifs is 2. The van der Waals surface area contributed by atoms with Crippen LogP contribution < -0.4 is 5.32 Å². The quantitative estimate of drug-likeness (QED) is 0.720. The summed E-state index contributed by atoms with van der Waals surface area (Å²) in [4.78, 5) is 11.9. The maximum absolute atomic E-state index is 11.9. The SMILES string of the molecule is Cc1ccc2c(c1)[C@]1(C[C@H]1CO)C(=O)N2. The van der Waals surface area contributed by atoms with Crippen LogP contribution in [0.1, 0.15) is 17.5 Å². The summed E-state index contributed by atoms with van der Waals surface area (Å²) < 4.78 is 0. The van der Waals surface area contributed by atoms with Crippen molar-refractivity contribution in [1.82, 2.24) is 0 Å². The highest BCUT2D eigenvalue weighted by Crippen LogP contribution is 2.59. The van der Waals surface area contributed by atoms with Gasteiger partial charge in [-0.3, -0.25) is 4.79 Å². The molecule has 78 valence electrons. The fraction of sp³-hybridized carbons (Fsp3) is 0.417. The molecule has 3 heteroatoms. The molecule has 2 N–H and O–H groups in total. The molecular weight excluding hydrogens is 190 g/mol. The molecule has 0 unspecified atom stereocenters. The van der Waals surface area contributed by atoms with Crippen LogP contribution in [0, 0.1) is 12.8 Å². The van der Waals surface area contributed by atoms with E-state index in [1.54, 1.807) is 0 Å². The summed E-state index contributed by atoms with van der Waals surface area (Å²) in [6, 6.07) is 6.00. The van der Waals surface area contributed by atoms with Crippen molar-refractivity contribution in [3.05, 3.63) is 29.3 Å². The minimum atomic E-state index is -0.407. The molecule has 2 atom stereocenters. The van der Waals surface area contributed by atoms with Crippen molar-refractivity contribution in [3.63, 3.8) is 0 Å². The van der Waals surface area contributed by atoms with Crippen LogP contribution in [0.4, 0.5) is 5.69 Å². The van der Waals surface area contributed by atoms with E-state index in [1.807, 2.05) is 19.1 Å². The molecule has 0 bridgehead atoms.